The van der Waals surface area contributed by atoms with E-state index < -0.39 is 11.5 Å². The molecule has 21 heavy (non-hydrogen) atoms. The molecule has 0 radical (unpaired) electrons. The highest BCUT2D eigenvalue weighted by molar-refractivity contribution is 5.83. The van der Waals surface area contributed by atoms with E-state index in [2.05, 4.69) is 49.1 Å². The number of carbonyl (C=O) groups is 1. The molecule has 0 aliphatic heterocycles. The van der Waals surface area contributed by atoms with Crippen molar-refractivity contribution in [2.24, 2.45) is 0 Å². The van der Waals surface area contributed by atoms with E-state index in [4.69, 9.17) is 0 Å². The molecule has 0 aromatic heterocycles. The number of carboxylic acids is 1. The molecule has 0 spiro atoms. The van der Waals surface area contributed by atoms with E-state index in [9.17, 15) is 9.90 Å². The first-order valence-electron chi connectivity index (χ1n) is 7.47. The maximum atomic E-state index is 11.4. The number of hydrogen-bond acceptors (Lipinski definition) is 2. The number of fused-ring (bicyclic) bond motifs is 1. The zero-order valence-corrected chi connectivity index (χ0v) is 13.0. The lowest BCUT2D eigenvalue weighted by atomic mass is 9.85. The van der Waals surface area contributed by atoms with Crippen molar-refractivity contribution in [3.05, 3.63) is 48.0 Å². The first kappa shape index (κ1) is 15.5. The SMILES string of the molecule is CCN(CC)C(C)(CC(=O)O)c1ccc2ccccc2c1. The Hall–Kier alpha value is -1.87. The van der Waals surface area contributed by atoms with Crippen molar-refractivity contribution in [1.82, 2.24) is 4.90 Å². The molecule has 0 bridgehead atoms. The summed E-state index contributed by atoms with van der Waals surface area (Å²) in [5, 5.41) is 11.7. The molecule has 2 aromatic rings. The second-order valence-electron chi connectivity index (χ2n) is 5.58. The summed E-state index contributed by atoms with van der Waals surface area (Å²) in [6.07, 6.45) is 0.104. The van der Waals surface area contributed by atoms with Crippen molar-refractivity contribution < 1.29 is 9.90 Å². The van der Waals surface area contributed by atoms with Gasteiger partial charge in [-0.05, 0) is 42.4 Å². The Bertz CT molecular complexity index is 634. The van der Waals surface area contributed by atoms with Crippen molar-refractivity contribution in [1.29, 1.82) is 0 Å². The zero-order chi connectivity index (χ0) is 15.5. The number of aliphatic carboxylic acids is 1. The molecule has 3 heteroatoms. The lowest BCUT2D eigenvalue weighted by Gasteiger charge is -2.40. The van der Waals surface area contributed by atoms with Crippen molar-refractivity contribution in [2.75, 3.05) is 13.1 Å². The summed E-state index contributed by atoms with van der Waals surface area (Å²) in [4.78, 5) is 13.6. The quantitative estimate of drug-likeness (QED) is 0.876. The third-order valence-electron chi connectivity index (χ3n) is 4.33. The van der Waals surface area contributed by atoms with Gasteiger partial charge in [-0.1, -0.05) is 50.2 Å². The smallest absolute Gasteiger partial charge is 0.305 e. The Morgan fingerprint density at radius 1 is 1.10 bits per heavy atom. The molecule has 0 fully saturated rings. The second kappa shape index (κ2) is 6.27. The molecule has 0 saturated carbocycles. The maximum absolute atomic E-state index is 11.4. The molecular formula is C18H23NO2. The molecule has 0 aliphatic rings. The van der Waals surface area contributed by atoms with Gasteiger partial charge in [0.2, 0.25) is 0 Å². The van der Waals surface area contributed by atoms with E-state index >= 15 is 0 Å². The number of hydrogen-bond donors (Lipinski definition) is 1. The Labute approximate surface area is 126 Å². The van der Waals surface area contributed by atoms with Gasteiger partial charge in [0.05, 0.1) is 12.0 Å². The van der Waals surface area contributed by atoms with Gasteiger partial charge in [-0.3, -0.25) is 9.69 Å². The van der Waals surface area contributed by atoms with Crippen LogP contribution < -0.4 is 0 Å². The van der Waals surface area contributed by atoms with Crippen molar-refractivity contribution in [3.8, 4) is 0 Å². The fourth-order valence-electron chi connectivity index (χ4n) is 3.14. The number of nitrogens with zero attached hydrogens (tertiary/aromatic N) is 1. The molecule has 3 nitrogen and oxygen atoms in total. The van der Waals surface area contributed by atoms with E-state index in [0.29, 0.717) is 0 Å². The minimum absolute atomic E-state index is 0.104. The van der Waals surface area contributed by atoms with Crippen LogP contribution in [0.5, 0.6) is 0 Å². The van der Waals surface area contributed by atoms with Crippen LogP contribution in [0.3, 0.4) is 0 Å². The van der Waals surface area contributed by atoms with Gasteiger partial charge >= 0.3 is 5.97 Å². The van der Waals surface area contributed by atoms with Gasteiger partial charge in [-0.15, -0.1) is 0 Å². The predicted molar refractivity (Wildman–Crippen MR) is 86.5 cm³/mol. The minimum Gasteiger partial charge on any atom is -0.481 e. The van der Waals surface area contributed by atoms with Crippen molar-refractivity contribution in [2.45, 2.75) is 32.7 Å². The van der Waals surface area contributed by atoms with Gasteiger partial charge in [0.25, 0.3) is 0 Å². The standard InChI is InChI=1S/C18H23NO2/c1-4-19(5-2)18(3,13-17(20)21)16-11-10-14-8-6-7-9-15(14)12-16/h6-12H,4-5,13H2,1-3H3,(H,20,21). The Kier molecular flexibility index (Phi) is 4.63. The second-order valence-corrected chi connectivity index (χ2v) is 5.58. The first-order valence-corrected chi connectivity index (χ1v) is 7.47. The van der Waals surface area contributed by atoms with E-state index in [0.717, 1.165) is 24.0 Å². The highest BCUT2D eigenvalue weighted by atomic mass is 16.4. The van der Waals surface area contributed by atoms with E-state index in [1.807, 2.05) is 19.1 Å². The van der Waals surface area contributed by atoms with Gasteiger partial charge in [0.1, 0.15) is 0 Å². The highest BCUT2D eigenvalue weighted by Crippen LogP contribution is 2.33. The summed E-state index contributed by atoms with van der Waals surface area (Å²) in [7, 11) is 0. The monoisotopic (exact) mass is 285 g/mol. The summed E-state index contributed by atoms with van der Waals surface area (Å²) in [6, 6.07) is 14.4. The maximum Gasteiger partial charge on any atom is 0.305 e. The summed E-state index contributed by atoms with van der Waals surface area (Å²) in [5.41, 5.74) is 0.576. The summed E-state index contributed by atoms with van der Waals surface area (Å²) in [5.74, 6) is -0.766. The lowest BCUT2D eigenvalue weighted by Crippen LogP contribution is -2.45. The Balaban J connectivity index is 2.54. The fourth-order valence-corrected chi connectivity index (χ4v) is 3.14. The highest BCUT2D eigenvalue weighted by Gasteiger charge is 2.34. The molecule has 2 aromatic carbocycles. The van der Waals surface area contributed by atoms with E-state index in [1.165, 1.54) is 5.39 Å². The summed E-state index contributed by atoms with van der Waals surface area (Å²) >= 11 is 0. The number of benzene rings is 2. The van der Waals surface area contributed by atoms with Gasteiger partial charge < -0.3 is 5.11 Å². The summed E-state index contributed by atoms with van der Waals surface area (Å²) in [6.45, 7) is 7.83. The largest absolute Gasteiger partial charge is 0.481 e. The predicted octanol–water partition coefficient (Wildman–Crippen LogP) is 3.87. The number of rotatable bonds is 6. The first-order chi connectivity index (χ1) is 10.0. The van der Waals surface area contributed by atoms with Gasteiger partial charge in [0, 0.05) is 0 Å². The van der Waals surface area contributed by atoms with Crippen molar-refractivity contribution in [3.63, 3.8) is 0 Å². The topological polar surface area (TPSA) is 40.5 Å². The van der Waals surface area contributed by atoms with Crippen LogP contribution in [0.15, 0.2) is 42.5 Å². The molecule has 1 unspecified atom stereocenters. The van der Waals surface area contributed by atoms with Crippen LogP contribution in [-0.2, 0) is 10.3 Å². The molecule has 0 saturated heterocycles. The van der Waals surface area contributed by atoms with Crippen LogP contribution in [-0.4, -0.2) is 29.1 Å². The van der Waals surface area contributed by atoms with Crippen LogP contribution in [0.1, 0.15) is 32.8 Å². The van der Waals surface area contributed by atoms with Crippen LogP contribution in [0, 0.1) is 0 Å². The normalized spacial score (nSPS) is 14.3. The van der Waals surface area contributed by atoms with Crippen LogP contribution in [0.2, 0.25) is 0 Å². The number of carboxylic acid groups (broad SMARTS) is 1. The minimum atomic E-state index is -0.766. The average molecular weight is 285 g/mol. The zero-order valence-electron chi connectivity index (χ0n) is 13.0. The third-order valence-corrected chi connectivity index (χ3v) is 4.33. The van der Waals surface area contributed by atoms with Gasteiger partial charge in [-0.2, -0.15) is 0 Å². The fraction of sp³-hybridized carbons (Fsp3) is 0.389. The summed E-state index contributed by atoms with van der Waals surface area (Å²) < 4.78 is 0. The molecule has 0 heterocycles. The lowest BCUT2D eigenvalue weighted by molar-refractivity contribution is -0.140. The molecular weight excluding hydrogens is 262 g/mol. The van der Waals surface area contributed by atoms with E-state index in [-0.39, 0.29) is 6.42 Å². The molecule has 1 N–H and O–H groups in total. The van der Waals surface area contributed by atoms with Crippen molar-refractivity contribution >= 4 is 16.7 Å². The third kappa shape index (κ3) is 3.08. The molecule has 112 valence electrons. The van der Waals surface area contributed by atoms with E-state index in [1.54, 1.807) is 0 Å². The molecule has 0 aliphatic carbocycles. The molecule has 2 rings (SSSR count). The molecule has 1 atom stereocenters. The van der Waals surface area contributed by atoms with Gasteiger partial charge in [0.15, 0.2) is 0 Å². The molecule has 0 amide bonds. The van der Waals surface area contributed by atoms with Crippen LogP contribution in [0.25, 0.3) is 10.8 Å². The average Bonchev–Trinajstić information content (AvgIpc) is 2.47. The Morgan fingerprint density at radius 3 is 2.29 bits per heavy atom. The van der Waals surface area contributed by atoms with Crippen LogP contribution in [0.4, 0.5) is 0 Å². The Morgan fingerprint density at radius 2 is 1.71 bits per heavy atom. The van der Waals surface area contributed by atoms with Crippen LogP contribution >= 0.6 is 0 Å². The van der Waals surface area contributed by atoms with Gasteiger partial charge in [-0.25, -0.2) is 0 Å².